The molecule has 2 heterocycles. The van der Waals surface area contributed by atoms with Gasteiger partial charge in [-0.2, -0.15) is 0 Å². The molecule has 0 saturated carbocycles. The minimum atomic E-state index is 0.269. The predicted octanol–water partition coefficient (Wildman–Crippen LogP) is 5.08. The summed E-state index contributed by atoms with van der Waals surface area (Å²) in [7, 11) is 0. The average molecular weight is 389 g/mol. The molecule has 1 aromatic carbocycles. The van der Waals surface area contributed by atoms with E-state index in [9.17, 15) is 4.79 Å². The van der Waals surface area contributed by atoms with Gasteiger partial charge in [-0.3, -0.25) is 4.79 Å². The highest BCUT2D eigenvalue weighted by molar-refractivity contribution is 9.10. The molecule has 0 unspecified atom stereocenters. The van der Waals surface area contributed by atoms with Crippen LogP contribution < -0.4 is 0 Å². The zero-order valence-corrected chi connectivity index (χ0v) is 14.9. The fourth-order valence-electron chi connectivity index (χ4n) is 2.04. The Kier molecular flexibility index (Phi) is 4.63. The van der Waals surface area contributed by atoms with Gasteiger partial charge in [-0.1, -0.05) is 29.8 Å². The third-order valence-electron chi connectivity index (χ3n) is 3.16. The number of aldehydes is 1. The molecular weight excluding hydrogens is 376 g/mol. The van der Waals surface area contributed by atoms with Crippen molar-refractivity contribution in [3.63, 3.8) is 0 Å². The van der Waals surface area contributed by atoms with Crippen molar-refractivity contribution >= 4 is 34.0 Å². The minimum absolute atomic E-state index is 0.269. The van der Waals surface area contributed by atoms with Crippen molar-refractivity contribution in [3.05, 3.63) is 57.9 Å². The van der Waals surface area contributed by atoms with E-state index in [1.807, 2.05) is 25.1 Å². The lowest BCUT2D eigenvalue weighted by atomic mass is 10.1. The number of carbonyl (C=O) groups excluding carboxylic acids is 1. The Morgan fingerprint density at radius 2 is 1.87 bits per heavy atom. The molecule has 0 spiro atoms. The first-order chi connectivity index (χ1) is 11.0. The Hall–Kier alpha value is -1.92. The number of benzene rings is 1. The van der Waals surface area contributed by atoms with Crippen LogP contribution in [0.2, 0.25) is 0 Å². The Labute approximate surface area is 146 Å². The summed E-state index contributed by atoms with van der Waals surface area (Å²) in [5, 5.41) is 1.14. The number of halogens is 1. The summed E-state index contributed by atoms with van der Waals surface area (Å²) in [6, 6.07) is 11.8. The topological polar surface area (TPSA) is 56.0 Å². The van der Waals surface area contributed by atoms with E-state index in [1.165, 1.54) is 17.3 Å². The molecule has 0 amide bonds. The van der Waals surface area contributed by atoms with Crippen LogP contribution in [0.15, 0.2) is 55.5 Å². The van der Waals surface area contributed by atoms with Crippen molar-refractivity contribution in [2.75, 3.05) is 0 Å². The fraction of sp³-hybridized carbons (Fsp3) is 0.118. The van der Waals surface area contributed by atoms with Crippen LogP contribution >= 0.6 is 27.7 Å². The molecule has 0 fully saturated rings. The highest BCUT2D eigenvalue weighted by Crippen LogP contribution is 2.34. The second-order valence-corrected chi connectivity index (χ2v) is 6.84. The number of rotatable bonds is 4. The number of furan rings is 1. The third kappa shape index (κ3) is 3.71. The zero-order chi connectivity index (χ0) is 16.4. The van der Waals surface area contributed by atoms with Gasteiger partial charge in [0.15, 0.2) is 22.3 Å². The van der Waals surface area contributed by atoms with Crippen LogP contribution in [0.1, 0.15) is 21.8 Å². The van der Waals surface area contributed by atoms with Crippen LogP contribution in [-0.4, -0.2) is 16.3 Å². The zero-order valence-electron chi connectivity index (χ0n) is 12.5. The summed E-state index contributed by atoms with van der Waals surface area (Å²) in [5.74, 6) is 0.269. The number of hydrogen-bond donors (Lipinski definition) is 0. The molecule has 0 aliphatic heterocycles. The van der Waals surface area contributed by atoms with Crippen LogP contribution in [0.25, 0.3) is 11.3 Å². The van der Waals surface area contributed by atoms with Crippen molar-refractivity contribution < 1.29 is 9.21 Å². The number of hydrogen-bond acceptors (Lipinski definition) is 5. The van der Waals surface area contributed by atoms with Gasteiger partial charge in [-0.15, -0.1) is 0 Å². The molecule has 0 bridgehead atoms. The first-order valence-corrected chi connectivity index (χ1v) is 8.51. The first kappa shape index (κ1) is 16.0. The van der Waals surface area contributed by atoms with Crippen molar-refractivity contribution in [1.82, 2.24) is 9.97 Å². The van der Waals surface area contributed by atoms with Gasteiger partial charge in [-0.05, 0) is 47.6 Å². The summed E-state index contributed by atoms with van der Waals surface area (Å²) >= 11 is 4.66. The molecule has 0 atom stereocenters. The SMILES string of the molecule is Cc1ccc(-c2cc(C)nc(Sc3oc(C=O)cc3Br)n2)cc1. The molecule has 23 heavy (non-hydrogen) atoms. The highest BCUT2D eigenvalue weighted by Gasteiger charge is 2.13. The lowest BCUT2D eigenvalue weighted by Gasteiger charge is -2.05. The van der Waals surface area contributed by atoms with Crippen molar-refractivity contribution in [2.24, 2.45) is 0 Å². The van der Waals surface area contributed by atoms with Crippen LogP contribution in [0, 0.1) is 13.8 Å². The van der Waals surface area contributed by atoms with E-state index in [0.29, 0.717) is 21.0 Å². The van der Waals surface area contributed by atoms with Crippen molar-refractivity contribution in [3.8, 4) is 11.3 Å². The number of nitrogens with zero attached hydrogens (tertiary/aromatic N) is 2. The largest absolute Gasteiger partial charge is 0.445 e. The second-order valence-electron chi connectivity index (χ2n) is 5.05. The third-order valence-corrected chi connectivity index (χ3v) is 4.86. The standard InChI is InChI=1S/C17H13BrN2O2S/c1-10-3-5-12(6-4-10)15-7-11(2)19-17(20-15)23-16-14(18)8-13(9-21)22-16/h3-9H,1-2H3. The molecule has 0 radical (unpaired) electrons. The fourth-order valence-corrected chi connectivity index (χ4v) is 3.38. The molecule has 0 aliphatic carbocycles. The molecule has 0 N–H and O–H groups in total. The monoisotopic (exact) mass is 388 g/mol. The Morgan fingerprint density at radius 3 is 2.52 bits per heavy atom. The minimum Gasteiger partial charge on any atom is -0.445 e. The lowest BCUT2D eigenvalue weighted by molar-refractivity contribution is 0.109. The van der Waals surface area contributed by atoms with Gasteiger partial charge in [0.05, 0.1) is 10.2 Å². The van der Waals surface area contributed by atoms with Gasteiger partial charge in [0.25, 0.3) is 0 Å². The maximum absolute atomic E-state index is 10.8. The van der Waals surface area contributed by atoms with E-state index in [1.54, 1.807) is 6.07 Å². The summed E-state index contributed by atoms with van der Waals surface area (Å²) < 4.78 is 6.15. The second kappa shape index (κ2) is 6.68. The van der Waals surface area contributed by atoms with Gasteiger partial charge in [0, 0.05) is 17.3 Å². The molecule has 116 valence electrons. The van der Waals surface area contributed by atoms with Crippen LogP contribution in [-0.2, 0) is 0 Å². The quantitative estimate of drug-likeness (QED) is 0.460. The van der Waals surface area contributed by atoms with E-state index in [4.69, 9.17) is 4.42 Å². The summed E-state index contributed by atoms with van der Waals surface area (Å²) in [6.07, 6.45) is 0.670. The number of aryl methyl sites for hydroxylation is 2. The van der Waals surface area contributed by atoms with Gasteiger partial charge in [0.1, 0.15) is 0 Å². The van der Waals surface area contributed by atoms with Gasteiger partial charge in [-0.25, -0.2) is 9.97 Å². The van der Waals surface area contributed by atoms with Crippen molar-refractivity contribution in [1.29, 1.82) is 0 Å². The van der Waals surface area contributed by atoms with E-state index >= 15 is 0 Å². The smallest absolute Gasteiger partial charge is 0.196 e. The molecule has 0 saturated heterocycles. The molecule has 6 heteroatoms. The van der Waals surface area contributed by atoms with Crippen LogP contribution in [0.5, 0.6) is 0 Å². The first-order valence-electron chi connectivity index (χ1n) is 6.90. The summed E-state index contributed by atoms with van der Waals surface area (Å²) in [4.78, 5) is 19.8. The maximum Gasteiger partial charge on any atom is 0.196 e. The van der Waals surface area contributed by atoms with E-state index in [-0.39, 0.29) is 5.76 Å². The molecule has 3 aromatic rings. The van der Waals surface area contributed by atoms with E-state index in [0.717, 1.165) is 17.0 Å². The highest BCUT2D eigenvalue weighted by atomic mass is 79.9. The Morgan fingerprint density at radius 1 is 1.13 bits per heavy atom. The molecule has 3 rings (SSSR count). The van der Waals surface area contributed by atoms with E-state index in [2.05, 4.69) is 45.0 Å². The molecule has 4 nitrogen and oxygen atoms in total. The van der Waals surface area contributed by atoms with Crippen LogP contribution in [0.4, 0.5) is 0 Å². The molecular formula is C17H13BrN2O2S. The van der Waals surface area contributed by atoms with Crippen molar-refractivity contribution in [2.45, 2.75) is 24.1 Å². The lowest BCUT2D eigenvalue weighted by Crippen LogP contribution is -1.93. The summed E-state index contributed by atoms with van der Waals surface area (Å²) in [6.45, 7) is 3.98. The maximum atomic E-state index is 10.8. The summed E-state index contributed by atoms with van der Waals surface area (Å²) in [5.41, 5.74) is 3.97. The number of aromatic nitrogens is 2. The van der Waals surface area contributed by atoms with Gasteiger partial charge < -0.3 is 4.42 Å². The Bertz CT molecular complexity index is 860. The van der Waals surface area contributed by atoms with E-state index < -0.39 is 0 Å². The molecule has 2 aromatic heterocycles. The van der Waals surface area contributed by atoms with Crippen LogP contribution in [0.3, 0.4) is 0 Å². The predicted molar refractivity (Wildman–Crippen MR) is 92.9 cm³/mol. The van der Waals surface area contributed by atoms with Gasteiger partial charge >= 0.3 is 0 Å². The normalized spacial score (nSPS) is 10.7. The number of carbonyl (C=O) groups is 1. The molecule has 0 aliphatic rings. The van der Waals surface area contributed by atoms with Gasteiger partial charge in [0.2, 0.25) is 0 Å². The average Bonchev–Trinajstić information content (AvgIpc) is 2.87. The Balaban J connectivity index is 1.95.